The highest BCUT2D eigenvalue weighted by atomic mass is 79.9. The van der Waals surface area contributed by atoms with Gasteiger partial charge in [0.05, 0.1) is 18.2 Å². The number of benzene rings is 1. The lowest BCUT2D eigenvalue weighted by atomic mass is 10.3. The Kier molecular flexibility index (Phi) is 6.25. The summed E-state index contributed by atoms with van der Waals surface area (Å²) in [6, 6.07) is 2.74. The minimum atomic E-state index is -3.95. The number of methoxy groups -OCH3 is 1. The average Bonchev–Trinajstić information content (AvgIpc) is 2.36. The number of sulfonamides is 1. The summed E-state index contributed by atoms with van der Waals surface area (Å²) in [7, 11) is -2.62. The van der Waals surface area contributed by atoms with Crippen LogP contribution in [-0.2, 0) is 19.6 Å². The van der Waals surface area contributed by atoms with E-state index in [1.165, 1.54) is 19.2 Å². The smallest absolute Gasteiger partial charge is 0.321 e. The molecule has 0 fully saturated rings. The van der Waals surface area contributed by atoms with Crippen LogP contribution in [-0.4, -0.2) is 34.6 Å². The number of carbonyl (C=O) groups excluding carboxylic acids is 1. The molecule has 1 rings (SSSR count). The molecule has 0 aliphatic heterocycles. The molecule has 1 aromatic rings. The van der Waals surface area contributed by atoms with Crippen molar-refractivity contribution in [2.45, 2.75) is 11.8 Å². The molecule has 6 nitrogen and oxygen atoms in total. The van der Waals surface area contributed by atoms with E-state index in [1.807, 2.05) is 0 Å². The van der Waals surface area contributed by atoms with E-state index in [9.17, 15) is 13.2 Å². The van der Waals surface area contributed by atoms with E-state index in [0.717, 1.165) is 0 Å². The fraction of sp³-hybridized carbons (Fsp3) is 0.364. The summed E-state index contributed by atoms with van der Waals surface area (Å²) in [4.78, 5) is 11.0. The molecule has 1 N–H and O–H groups in total. The van der Waals surface area contributed by atoms with Crippen molar-refractivity contribution >= 4 is 43.5 Å². The summed E-state index contributed by atoms with van der Waals surface area (Å²) in [6.45, 7) is 1.33. The van der Waals surface area contributed by atoms with Gasteiger partial charge in [-0.1, -0.05) is 11.6 Å². The second-order valence-electron chi connectivity index (χ2n) is 3.55. The largest absolute Gasteiger partial charge is 0.494 e. The Labute approximate surface area is 130 Å². The van der Waals surface area contributed by atoms with Gasteiger partial charge in [0, 0.05) is 5.02 Å². The number of halogens is 2. The first-order valence-electron chi connectivity index (χ1n) is 5.50. The average molecular weight is 387 g/mol. The summed E-state index contributed by atoms with van der Waals surface area (Å²) < 4.78 is 36.5. The van der Waals surface area contributed by atoms with Gasteiger partial charge in [-0.3, -0.25) is 4.79 Å². The molecular formula is C11H13BrClNO5S. The van der Waals surface area contributed by atoms with Crippen molar-refractivity contribution in [2.75, 3.05) is 20.3 Å². The number of ether oxygens (including phenoxy) is 2. The molecule has 0 saturated heterocycles. The predicted octanol–water partition coefficient (Wildman–Crippen LogP) is 1.95. The Hall–Kier alpha value is -0.830. The lowest BCUT2D eigenvalue weighted by Crippen LogP contribution is -2.31. The Morgan fingerprint density at radius 1 is 1.45 bits per heavy atom. The molecule has 0 aliphatic carbocycles. The van der Waals surface area contributed by atoms with E-state index in [0.29, 0.717) is 4.47 Å². The third kappa shape index (κ3) is 4.34. The first kappa shape index (κ1) is 17.2. The Balaban J connectivity index is 3.06. The molecule has 1 aromatic carbocycles. The maximum absolute atomic E-state index is 12.1. The van der Waals surface area contributed by atoms with Crippen LogP contribution in [0.15, 0.2) is 21.5 Å². The minimum absolute atomic E-state index is 0.103. The van der Waals surface area contributed by atoms with Gasteiger partial charge in [-0.2, -0.15) is 4.72 Å². The maximum Gasteiger partial charge on any atom is 0.321 e. The molecule has 0 aliphatic rings. The first-order chi connectivity index (χ1) is 9.31. The number of hydrogen-bond acceptors (Lipinski definition) is 5. The number of hydrogen-bond donors (Lipinski definition) is 1. The molecule has 0 amide bonds. The van der Waals surface area contributed by atoms with Crippen molar-refractivity contribution in [1.82, 2.24) is 4.72 Å². The number of nitrogens with one attached hydrogen (secondary N) is 1. The SMILES string of the molecule is CCOC(=O)CNS(=O)(=O)c1cc(Cl)cc(Br)c1OC. The van der Waals surface area contributed by atoms with E-state index in [4.69, 9.17) is 16.3 Å². The second kappa shape index (κ2) is 7.26. The van der Waals surface area contributed by atoms with Crippen LogP contribution >= 0.6 is 27.5 Å². The molecule has 0 heterocycles. The fourth-order valence-corrected chi connectivity index (χ4v) is 3.73. The monoisotopic (exact) mass is 385 g/mol. The number of rotatable bonds is 6. The number of esters is 1. The third-order valence-corrected chi connectivity index (χ3v) is 4.39. The number of carbonyl (C=O) groups is 1. The summed E-state index contributed by atoms with van der Waals surface area (Å²) in [5.41, 5.74) is 0. The third-order valence-electron chi connectivity index (χ3n) is 2.18. The molecular weight excluding hydrogens is 374 g/mol. The van der Waals surface area contributed by atoms with E-state index in [-0.39, 0.29) is 22.3 Å². The minimum Gasteiger partial charge on any atom is -0.494 e. The highest BCUT2D eigenvalue weighted by Gasteiger charge is 2.23. The lowest BCUT2D eigenvalue weighted by Gasteiger charge is -2.12. The molecule has 0 unspecified atom stereocenters. The van der Waals surface area contributed by atoms with Gasteiger partial charge in [0.1, 0.15) is 11.4 Å². The van der Waals surface area contributed by atoms with Gasteiger partial charge in [0.25, 0.3) is 0 Å². The van der Waals surface area contributed by atoms with Crippen molar-refractivity contribution in [3.05, 3.63) is 21.6 Å². The van der Waals surface area contributed by atoms with Gasteiger partial charge in [-0.05, 0) is 35.0 Å². The molecule has 0 aromatic heterocycles. The summed E-state index contributed by atoms with van der Waals surface area (Å²) in [5, 5.41) is 0.217. The first-order valence-corrected chi connectivity index (χ1v) is 8.15. The van der Waals surface area contributed by atoms with Crippen LogP contribution < -0.4 is 9.46 Å². The normalized spacial score (nSPS) is 11.2. The van der Waals surface area contributed by atoms with Crippen LogP contribution in [0.1, 0.15) is 6.92 Å². The Morgan fingerprint density at radius 2 is 2.10 bits per heavy atom. The molecule has 9 heteroatoms. The zero-order chi connectivity index (χ0) is 15.3. The van der Waals surface area contributed by atoms with Gasteiger partial charge >= 0.3 is 5.97 Å². The van der Waals surface area contributed by atoms with Gasteiger partial charge in [0.15, 0.2) is 5.75 Å². The molecule has 0 bridgehead atoms. The highest BCUT2D eigenvalue weighted by molar-refractivity contribution is 9.10. The maximum atomic E-state index is 12.1. The summed E-state index contributed by atoms with van der Waals surface area (Å²) in [5.74, 6) is -0.568. The molecule has 20 heavy (non-hydrogen) atoms. The highest BCUT2D eigenvalue weighted by Crippen LogP contribution is 2.35. The predicted molar refractivity (Wildman–Crippen MR) is 77.5 cm³/mol. The van der Waals surface area contributed by atoms with Crippen molar-refractivity contribution in [3.63, 3.8) is 0 Å². The van der Waals surface area contributed by atoms with Crippen LogP contribution in [0.4, 0.5) is 0 Å². The summed E-state index contributed by atoms with van der Waals surface area (Å²) in [6.07, 6.45) is 0. The van der Waals surface area contributed by atoms with Crippen LogP contribution in [0.2, 0.25) is 5.02 Å². The summed E-state index contributed by atoms with van der Waals surface area (Å²) >= 11 is 8.99. The van der Waals surface area contributed by atoms with Crippen molar-refractivity contribution in [2.24, 2.45) is 0 Å². The van der Waals surface area contributed by atoms with Gasteiger partial charge in [-0.25, -0.2) is 8.42 Å². The Bertz CT molecular complexity index is 605. The molecule has 0 spiro atoms. The lowest BCUT2D eigenvalue weighted by molar-refractivity contribution is -0.141. The van der Waals surface area contributed by atoms with Gasteiger partial charge in [0.2, 0.25) is 10.0 Å². The molecule has 0 saturated carbocycles. The topological polar surface area (TPSA) is 81.7 Å². The van der Waals surface area contributed by atoms with Crippen molar-refractivity contribution < 1.29 is 22.7 Å². The van der Waals surface area contributed by atoms with E-state index >= 15 is 0 Å². The fourth-order valence-electron chi connectivity index (χ4n) is 1.38. The van der Waals surface area contributed by atoms with Crippen LogP contribution in [0.5, 0.6) is 5.75 Å². The van der Waals surface area contributed by atoms with E-state index in [2.05, 4.69) is 25.4 Å². The molecule has 0 radical (unpaired) electrons. The van der Waals surface area contributed by atoms with Gasteiger partial charge in [-0.15, -0.1) is 0 Å². The Morgan fingerprint density at radius 3 is 2.65 bits per heavy atom. The van der Waals surface area contributed by atoms with Crippen LogP contribution in [0.25, 0.3) is 0 Å². The zero-order valence-corrected chi connectivity index (χ0v) is 13.9. The second-order valence-corrected chi connectivity index (χ2v) is 6.57. The van der Waals surface area contributed by atoms with Crippen LogP contribution in [0, 0.1) is 0 Å². The molecule has 112 valence electrons. The van der Waals surface area contributed by atoms with Crippen molar-refractivity contribution in [3.8, 4) is 5.75 Å². The van der Waals surface area contributed by atoms with E-state index < -0.39 is 22.5 Å². The standard InChI is InChI=1S/C11H13BrClNO5S/c1-3-19-10(15)6-14-20(16,17)9-5-7(13)4-8(12)11(9)18-2/h4-5,14H,3,6H2,1-2H3. The quantitative estimate of drug-likeness (QED) is 0.756. The van der Waals surface area contributed by atoms with E-state index in [1.54, 1.807) is 6.92 Å². The zero-order valence-electron chi connectivity index (χ0n) is 10.8. The van der Waals surface area contributed by atoms with Crippen molar-refractivity contribution in [1.29, 1.82) is 0 Å². The van der Waals surface area contributed by atoms with Gasteiger partial charge < -0.3 is 9.47 Å². The molecule has 0 atom stereocenters. The van der Waals surface area contributed by atoms with Crippen LogP contribution in [0.3, 0.4) is 0 Å².